The minimum Gasteiger partial charge on any atom is -0.396 e. The van der Waals surface area contributed by atoms with Crippen LogP contribution in [0.1, 0.15) is 25.8 Å². The van der Waals surface area contributed by atoms with Gasteiger partial charge in [0.1, 0.15) is 0 Å². The molecule has 0 aliphatic rings. The van der Waals surface area contributed by atoms with Crippen molar-refractivity contribution in [2.45, 2.75) is 31.6 Å². The summed E-state index contributed by atoms with van der Waals surface area (Å²) in [4.78, 5) is 1.32. The van der Waals surface area contributed by atoms with Gasteiger partial charge in [-0.25, -0.2) is 0 Å². The van der Waals surface area contributed by atoms with E-state index >= 15 is 0 Å². The molecule has 0 unspecified atom stereocenters. The summed E-state index contributed by atoms with van der Waals surface area (Å²) in [6, 6.07) is 8.47. The minimum atomic E-state index is 0.236. The second kappa shape index (κ2) is 6.91. The molecule has 84 valence electrons. The molecule has 2 heteroatoms. The zero-order valence-corrected chi connectivity index (χ0v) is 10.4. The molecule has 0 aliphatic heterocycles. The van der Waals surface area contributed by atoms with Gasteiger partial charge in [-0.2, -0.15) is 0 Å². The zero-order chi connectivity index (χ0) is 11.1. The summed E-state index contributed by atoms with van der Waals surface area (Å²) in [5.41, 5.74) is 1.23. The molecule has 0 atom stereocenters. The standard InChI is InChI=1S/C13H20OS/c1-11(2)7-9-15-13-5-3-4-12(10-13)6-8-14/h3-5,10-11,14H,6-9H2,1-2H3. The first-order chi connectivity index (χ1) is 7.22. The van der Waals surface area contributed by atoms with Crippen LogP contribution in [0.4, 0.5) is 0 Å². The zero-order valence-electron chi connectivity index (χ0n) is 9.57. The van der Waals surface area contributed by atoms with E-state index in [-0.39, 0.29) is 6.61 Å². The lowest BCUT2D eigenvalue weighted by atomic mass is 10.2. The molecular formula is C13H20OS. The highest BCUT2D eigenvalue weighted by Crippen LogP contribution is 2.21. The summed E-state index contributed by atoms with van der Waals surface area (Å²) in [5, 5.41) is 8.85. The predicted molar refractivity (Wildman–Crippen MR) is 67.4 cm³/mol. The topological polar surface area (TPSA) is 20.2 Å². The van der Waals surface area contributed by atoms with Gasteiger partial charge in [-0.15, -0.1) is 11.8 Å². The van der Waals surface area contributed by atoms with Gasteiger partial charge < -0.3 is 5.11 Å². The average Bonchev–Trinajstić information content (AvgIpc) is 2.18. The van der Waals surface area contributed by atoms with E-state index in [1.165, 1.54) is 22.6 Å². The van der Waals surface area contributed by atoms with E-state index in [9.17, 15) is 0 Å². The van der Waals surface area contributed by atoms with E-state index in [0.29, 0.717) is 0 Å². The number of benzene rings is 1. The molecular weight excluding hydrogens is 204 g/mol. The molecule has 0 fully saturated rings. The highest BCUT2D eigenvalue weighted by Gasteiger charge is 1.98. The molecule has 0 saturated carbocycles. The first kappa shape index (κ1) is 12.6. The Morgan fingerprint density at radius 2 is 2.13 bits per heavy atom. The third-order valence-electron chi connectivity index (χ3n) is 2.26. The molecule has 1 nitrogen and oxygen atoms in total. The number of hydrogen-bond donors (Lipinski definition) is 1. The van der Waals surface area contributed by atoms with Crippen LogP contribution >= 0.6 is 11.8 Å². The van der Waals surface area contributed by atoms with Gasteiger partial charge in [0.25, 0.3) is 0 Å². The first-order valence-corrected chi connectivity index (χ1v) is 6.53. The van der Waals surface area contributed by atoms with E-state index < -0.39 is 0 Å². The Morgan fingerprint density at radius 3 is 2.80 bits per heavy atom. The smallest absolute Gasteiger partial charge is 0.0471 e. The van der Waals surface area contributed by atoms with Crippen molar-refractivity contribution in [3.05, 3.63) is 29.8 Å². The van der Waals surface area contributed by atoms with E-state index in [0.717, 1.165) is 12.3 Å². The fraction of sp³-hybridized carbons (Fsp3) is 0.538. The van der Waals surface area contributed by atoms with Gasteiger partial charge >= 0.3 is 0 Å². The maximum absolute atomic E-state index is 8.85. The Kier molecular flexibility index (Phi) is 5.81. The average molecular weight is 224 g/mol. The molecule has 1 aromatic carbocycles. The second-order valence-corrected chi connectivity index (χ2v) is 5.32. The van der Waals surface area contributed by atoms with E-state index in [1.54, 1.807) is 0 Å². The molecule has 1 aromatic rings. The Morgan fingerprint density at radius 1 is 1.33 bits per heavy atom. The highest BCUT2D eigenvalue weighted by atomic mass is 32.2. The van der Waals surface area contributed by atoms with E-state index in [2.05, 4.69) is 38.1 Å². The van der Waals surface area contributed by atoms with Crippen LogP contribution in [0.5, 0.6) is 0 Å². The SMILES string of the molecule is CC(C)CCSc1cccc(CCO)c1. The minimum absolute atomic E-state index is 0.236. The molecule has 0 radical (unpaired) electrons. The molecule has 0 bridgehead atoms. The molecule has 15 heavy (non-hydrogen) atoms. The molecule has 0 saturated heterocycles. The lowest BCUT2D eigenvalue weighted by molar-refractivity contribution is 0.299. The van der Waals surface area contributed by atoms with Crippen LogP contribution < -0.4 is 0 Å². The fourth-order valence-electron chi connectivity index (χ4n) is 1.33. The fourth-order valence-corrected chi connectivity index (χ4v) is 2.57. The largest absolute Gasteiger partial charge is 0.396 e. The van der Waals surface area contributed by atoms with Crippen molar-refractivity contribution in [1.29, 1.82) is 0 Å². The summed E-state index contributed by atoms with van der Waals surface area (Å²) in [5.74, 6) is 1.96. The number of rotatable bonds is 6. The third-order valence-corrected chi connectivity index (χ3v) is 3.29. The molecule has 0 aromatic heterocycles. The normalized spacial score (nSPS) is 10.9. The molecule has 0 spiro atoms. The summed E-state index contributed by atoms with van der Waals surface area (Å²) in [6.07, 6.45) is 2.02. The monoisotopic (exact) mass is 224 g/mol. The lowest BCUT2D eigenvalue weighted by Gasteiger charge is -2.06. The van der Waals surface area contributed by atoms with Gasteiger partial charge in [-0.3, -0.25) is 0 Å². The van der Waals surface area contributed by atoms with Crippen molar-refractivity contribution in [1.82, 2.24) is 0 Å². The van der Waals surface area contributed by atoms with Crippen LogP contribution in [-0.4, -0.2) is 17.5 Å². The van der Waals surface area contributed by atoms with Gasteiger partial charge in [0, 0.05) is 11.5 Å². The van der Waals surface area contributed by atoms with Crippen LogP contribution in [0.3, 0.4) is 0 Å². The van der Waals surface area contributed by atoms with Crippen LogP contribution in [0.25, 0.3) is 0 Å². The Balaban J connectivity index is 2.43. The maximum Gasteiger partial charge on any atom is 0.0471 e. The van der Waals surface area contributed by atoms with Crippen LogP contribution in [0.2, 0.25) is 0 Å². The first-order valence-electron chi connectivity index (χ1n) is 5.55. The van der Waals surface area contributed by atoms with Crippen molar-refractivity contribution in [3.8, 4) is 0 Å². The summed E-state index contributed by atoms with van der Waals surface area (Å²) in [7, 11) is 0. The number of thioether (sulfide) groups is 1. The van der Waals surface area contributed by atoms with E-state index in [1.807, 2.05) is 11.8 Å². The lowest BCUT2D eigenvalue weighted by Crippen LogP contribution is -1.92. The maximum atomic E-state index is 8.85. The second-order valence-electron chi connectivity index (χ2n) is 4.15. The highest BCUT2D eigenvalue weighted by molar-refractivity contribution is 7.99. The van der Waals surface area contributed by atoms with Gasteiger partial charge in [0.2, 0.25) is 0 Å². The van der Waals surface area contributed by atoms with Crippen molar-refractivity contribution >= 4 is 11.8 Å². The number of aliphatic hydroxyl groups is 1. The molecule has 0 amide bonds. The Bertz CT molecular complexity index is 284. The van der Waals surface area contributed by atoms with Gasteiger partial charge in [0.05, 0.1) is 0 Å². The third kappa shape index (κ3) is 5.24. The predicted octanol–water partition coefficient (Wildman–Crippen LogP) is 3.36. The molecule has 0 aliphatic carbocycles. The van der Waals surface area contributed by atoms with Crippen molar-refractivity contribution in [2.24, 2.45) is 5.92 Å². The number of hydrogen-bond acceptors (Lipinski definition) is 2. The van der Waals surface area contributed by atoms with Crippen molar-refractivity contribution in [2.75, 3.05) is 12.4 Å². The Labute approximate surface area is 96.9 Å². The summed E-state index contributed by atoms with van der Waals surface area (Å²) >= 11 is 1.91. The van der Waals surface area contributed by atoms with E-state index in [4.69, 9.17) is 5.11 Å². The number of aliphatic hydroxyl groups excluding tert-OH is 1. The van der Waals surface area contributed by atoms with Crippen LogP contribution in [-0.2, 0) is 6.42 Å². The Hall–Kier alpha value is -0.470. The van der Waals surface area contributed by atoms with Gasteiger partial charge in [-0.05, 0) is 42.2 Å². The summed E-state index contributed by atoms with van der Waals surface area (Å²) in [6.45, 7) is 4.74. The summed E-state index contributed by atoms with van der Waals surface area (Å²) < 4.78 is 0. The van der Waals surface area contributed by atoms with Gasteiger partial charge in [-0.1, -0.05) is 26.0 Å². The quantitative estimate of drug-likeness (QED) is 0.748. The molecule has 1 N–H and O–H groups in total. The van der Waals surface area contributed by atoms with Gasteiger partial charge in [0.15, 0.2) is 0 Å². The van der Waals surface area contributed by atoms with Crippen molar-refractivity contribution in [3.63, 3.8) is 0 Å². The van der Waals surface area contributed by atoms with Crippen molar-refractivity contribution < 1.29 is 5.11 Å². The molecule has 0 heterocycles. The van der Waals surface area contributed by atoms with Crippen LogP contribution in [0.15, 0.2) is 29.2 Å². The molecule has 1 rings (SSSR count). The van der Waals surface area contributed by atoms with Crippen LogP contribution in [0, 0.1) is 5.92 Å².